The summed E-state index contributed by atoms with van der Waals surface area (Å²) in [5.74, 6) is 0.242. The third-order valence-electron chi connectivity index (χ3n) is 2.68. The van der Waals surface area contributed by atoms with Gasteiger partial charge in [-0.15, -0.1) is 0 Å². The van der Waals surface area contributed by atoms with E-state index in [2.05, 4.69) is 29.4 Å². The fraction of sp³-hybridized carbons (Fsp3) is 0.636. The van der Waals surface area contributed by atoms with E-state index in [1.807, 2.05) is 13.2 Å². The third-order valence-corrected chi connectivity index (χ3v) is 2.68. The molecule has 6 nitrogen and oxygen atoms in total. The van der Waals surface area contributed by atoms with Gasteiger partial charge in [0.1, 0.15) is 5.84 Å². The quantitative estimate of drug-likeness (QED) is 0.302. The first-order valence-electron chi connectivity index (χ1n) is 5.86. The minimum Gasteiger partial charge on any atom is -0.409 e. The van der Waals surface area contributed by atoms with E-state index in [1.165, 1.54) is 0 Å². The Kier molecular flexibility index (Phi) is 4.81. The van der Waals surface area contributed by atoms with Crippen molar-refractivity contribution < 1.29 is 5.21 Å². The lowest BCUT2D eigenvalue weighted by atomic mass is 10.1. The van der Waals surface area contributed by atoms with Crippen LogP contribution < -0.4 is 11.1 Å². The maximum Gasteiger partial charge on any atom is 0.141 e. The van der Waals surface area contributed by atoms with Gasteiger partial charge in [0.15, 0.2) is 0 Å². The average molecular weight is 239 g/mol. The van der Waals surface area contributed by atoms with Crippen molar-refractivity contribution in [3.8, 4) is 0 Å². The average Bonchev–Trinajstić information content (AvgIpc) is 2.68. The summed E-state index contributed by atoms with van der Waals surface area (Å²) in [6.07, 6.45) is 4.25. The maximum absolute atomic E-state index is 8.57. The standard InChI is InChI=1S/C11H21N5O/c1-4-8(6-11(12)15-17)13-10-7-16(3)14-9(10)5-2/h7-8,13,17H,4-6H2,1-3H3,(H2,12,15). The number of aromatic nitrogens is 2. The van der Waals surface area contributed by atoms with Crippen molar-refractivity contribution in [2.24, 2.45) is 17.9 Å². The van der Waals surface area contributed by atoms with Gasteiger partial charge in [0, 0.05) is 25.7 Å². The predicted octanol–water partition coefficient (Wildman–Crippen LogP) is 1.31. The minimum atomic E-state index is 0.153. The molecule has 96 valence electrons. The second kappa shape index (κ2) is 6.12. The molecule has 0 amide bonds. The first-order valence-corrected chi connectivity index (χ1v) is 5.86. The van der Waals surface area contributed by atoms with E-state index in [1.54, 1.807) is 4.68 Å². The number of hydrogen-bond acceptors (Lipinski definition) is 4. The van der Waals surface area contributed by atoms with E-state index >= 15 is 0 Å². The number of nitrogens with two attached hydrogens (primary N) is 1. The summed E-state index contributed by atoms with van der Waals surface area (Å²) in [6, 6.07) is 0.153. The molecule has 1 rings (SSSR count). The fourth-order valence-electron chi connectivity index (χ4n) is 1.73. The molecular weight excluding hydrogens is 218 g/mol. The van der Waals surface area contributed by atoms with Crippen LogP contribution in [0.25, 0.3) is 0 Å². The summed E-state index contributed by atoms with van der Waals surface area (Å²) in [5, 5.41) is 19.3. The van der Waals surface area contributed by atoms with E-state index in [4.69, 9.17) is 10.9 Å². The van der Waals surface area contributed by atoms with Crippen LogP contribution in [-0.2, 0) is 13.5 Å². The van der Waals surface area contributed by atoms with Crippen molar-refractivity contribution >= 4 is 11.5 Å². The summed E-state index contributed by atoms with van der Waals surface area (Å²) in [4.78, 5) is 0. The van der Waals surface area contributed by atoms with Crippen molar-refractivity contribution in [3.63, 3.8) is 0 Å². The second-order valence-electron chi connectivity index (χ2n) is 4.06. The zero-order chi connectivity index (χ0) is 12.8. The zero-order valence-electron chi connectivity index (χ0n) is 10.6. The van der Waals surface area contributed by atoms with Crippen LogP contribution in [0, 0.1) is 0 Å². The van der Waals surface area contributed by atoms with E-state index in [9.17, 15) is 0 Å². The van der Waals surface area contributed by atoms with E-state index in [0.29, 0.717) is 6.42 Å². The number of nitrogens with zero attached hydrogens (tertiary/aromatic N) is 3. The van der Waals surface area contributed by atoms with Crippen LogP contribution >= 0.6 is 0 Å². The molecule has 0 bridgehead atoms. The number of anilines is 1. The van der Waals surface area contributed by atoms with Crippen molar-refractivity contribution in [1.29, 1.82) is 0 Å². The molecule has 17 heavy (non-hydrogen) atoms. The van der Waals surface area contributed by atoms with Gasteiger partial charge in [-0.2, -0.15) is 5.10 Å². The summed E-state index contributed by atoms with van der Waals surface area (Å²) >= 11 is 0. The molecule has 0 saturated carbocycles. The molecule has 1 heterocycles. The van der Waals surface area contributed by atoms with Gasteiger partial charge in [-0.25, -0.2) is 0 Å². The molecule has 0 spiro atoms. The highest BCUT2D eigenvalue weighted by atomic mass is 16.4. The molecule has 1 aromatic rings. The first-order chi connectivity index (χ1) is 8.10. The number of aryl methyl sites for hydroxylation is 2. The van der Waals surface area contributed by atoms with Crippen LogP contribution in [0.2, 0.25) is 0 Å². The normalized spacial score (nSPS) is 13.7. The van der Waals surface area contributed by atoms with Gasteiger partial charge in [0.25, 0.3) is 0 Å². The lowest BCUT2D eigenvalue weighted by molar-refractivity contribution is 0.316. The van der Waals surface area contributed by atoms with Crippen LogP contribution in [-0.4, -0.2) is 26.9 Å². The monoisotopic (exact) mass is 239 g/mol. The highest BCUT2D eigenvalue weighted by Gasteiger charge is 2.12. The zero-order valence-corrected chi connectivity index (χ0v) is 10.6. The Morgan fingerprint density at radius 1 is 1.65 bits per heavy atom. The van der Waals surface area contributed by atoms with E-state index < -0.39 is 0 Å². The molecule has 0 radical (unpaired) electrons. The summed E-state index contributed by atoms with van der Waals surface area (Å²) in [6.45, 7) is 4.13. The summed E-state index contributed by atoms with van der Waals surface area (Å²) in [5.41, 5.74) is 7.57. The number of hydrogen-bond donors (Lipinski definition) is 3. The van der Waals surface area contributed by atoms with Crippen LogP contribution in [0.4, 0.5) is 5.69 Å². The van der Waals surface area contributed by atoms with Gasteiger partial charge in [-0.1, -0.05) is 19.0 Å². The molecule has 0 aliphatic carbocycles. The number of nitrogens with one attached hydrogen (secondary N) is 1. The predicted molar refractivity (Wildman–Crippen MR) is 68.3 cm³/mol. The maximum atomic E-state index is 8.57. The highest BCUT2D eigenvalue weighted by Crippen LogP contribution is 2.16. The van der Waals surface area contributed by atoms with Gasteiger partial charge < -0.3 is 16.3 Å². The Balaban J connectivity index is 2.73. The summed E-state index contributed by atoms with van der Waals surface area (Å²) < 4.78 is 1.79. The summed E-state index contributed by atoms with van der Waals surface area (Å²) in [7, 11) is 1.90. The van der Waals surface area contributed by atoms with Crippen molar-refractivity contribution in [2.75, 3.05) is 5.32 Å². The third kappa shape index (κ3) is 3.65. The van der Waals surface area contributed by atoms with Gasteiger partial charge in [-0.3, -0.25) is 4.68 Å². The molecule has 6 heteroatoms. The minimum absolute atomic E-state index is 0.153. The first kappa shape index (κ1) is 13.3. The number of oxime groups is 1. The second-order valence-corrected chi connectivity index (χ2v) is 4.06. The van der Waals surface area contributed by atoms with Gasteiger partial charge in [0.2, 0.25) is 0 Å². The Hall–Kier alpha value is -1.72. The van der Waals surface area contributed by atoms with Crippen LogP contribution in [0.3, 0.4) is 0 Å². The van der Waals surface area contributed by atoms with Crippen molar-refractivity contribution in [2.45, 2.75) is 39.2 Å². The Morgan fingerprint density at radius 3 is 2.88 bits per heavy atom. The molecule has 0 aromatic carbocycles. The smallest absolute Gasteiger partial charge is 0.141 e. The number of amidine groups is 1. The van der Waals surface area contributed by atoms with Crippen LogP contribution in [0.15, 0.2) is 11.4 Å². The van der Waals surface area contributed by atoms with Gasteiger partial charge in [0.05, 0.1) is 11.4 Å². The largest absolute Gasteiger partial charge is 0.409 e. The molecule has 0 aliphatic heterocycles. The fourth-order valence-corrected chi connectivity index (χ4v) is 1.73. The SMILES string of the molecule is CCc1nn(C)cc1NC(CC)CC(N)=NO. The van der Waals surface area contributed by atoms with E-state index in [0.717, 1.165) is 24.2 Å². The van der Waals surface area contributed by atoms with Gasteiger partial charge >= 0.3 is 0 Å². The van der Waals surface area contributed by atoms with Crippen LogP contribution in [0.1, 0.15) is 32.4 Å². The molecular formula is C11H21N5O. The Bertz CT molecular complexity index is 385. The molecule has 1 unspecified atom stereocenters. The molecule has 1 atom stereocenters. The Labute approximate surface area is 101 Å². The Morgan fingerprint density at radius 2 is 2.35 bits per heavy atom. The van der Waals surface area contributed by atoms with Gasteiger partial charge in [-0.05, 0) is 12.8 Å². The molecule has 0 saturated heterocycles. The lowest BCUT2D eigenvalue weighted by Crippen LogP contribution is -2.26. The van der Waals surface area contributed by atoms with Crippen molar-refractivity contribution in [1.82, 2.24) is 9.78 Å². The van der Waals surface area contributed by atoms with Crippen LogP contribution in [0.5, 0.6) is 0 Å². The molecule has 0 fully saturated rings. The highest BCUT2D eigenvalue weighted by molar-refractivity contribution is 5.80. The lowest BCUT2D eigenvalue weighted by Gasteiger charge is -2.16. The molecule has 4 N–H and O–H groups in total. The molecule has 0 aliphatic rings. The number of rotatable bonds is 6. The molecule has 1 aromatic heterocycles. The van der Waals surface area contributed by atoms with Crippen molar-refractivity contribution in [3.05, 3.63) is 11.9 Å². The van der Waals surface area contributed by atoms with E-state index in [-0.39, 0.29) is 11.9 Å². The topological polar surface area (TPSA) is 88.5 Å².